The van der Waals surface area contributed by atoms with Gasteiger partial charge in [-0.25, -0.2) is 0 Å². The zero-order chi connectivity index (χ0) is 12.3. The lowest BCUT2D eigenvalue weighted by Gasteiger charge is -2.13. The van der Waals surface area contributed by atoms with E-state index >= 15 is 0 Å². The lowest BCUT2D eigenvalue weighted by atomic mass is 10.1. The molecule has 0 unspecified atom stereocenters. The van der Waals surface area contributed by atoms with Crippen LogP contribution in [0.2, 0.25) is 0 Å². The Hall–Kier alpha value is -1.43. The molecule has 0 bridgehead atoms. The fourth-order valence-electron chi connectivity index (χ4n) is 2.19. The zero-order valence-corrected chi connectivity index (χ0v) is 10.3. The van der Waals surface area contributed by atoms with Gasteiger partial charge in [-0.15, -0.1) is 0 Å². The molecule has 2 rings (SSSR count). The molecule has 0 saturated carbocycles. The Kier molecular flexibility index (Phi) is 3.73. The molecule has 1 aromatic heterocycles. The molecule has 1 aliphatic rings. The molecule has 1 aromatic rings. The van der Waals surface area contributed by atoms with Crippen LogP contribution in [0.1, 0.15) is 24.6 Å². The van der Waals surface area contributed by atoms with Crippen LogP contribution in [-0.4, -0.2) is 41.1 Å². The number of carbonyl (C=O) groups is 1. The Balaban J connectivity index is 1.80. The van der Waals surface area contributed by atoms with Gasteiger partial charge in [0.15, 0.2) is 5.82 Å². The van der Waals surface area contributed by atoms with Crippen molar-refractivity contribution >= 4 is 5.91 Å². The van der Waals surface area contributed by atoms with Gasteiger partial charge in [-0.3, -0.25) is 9.69 Å². The van der Waals surface area contributed by atoms with Gasteiger partial charge in [-0.1, -0.05) is 5.16 Å². The lowest BCUT2D eigenvalue weighted by Crippen LogP contribution is -2.24. The largest absolute Gasteiger partial charge is 0.359 e. The van der Waals surface area contributed by atoms with Crippen molar-refractivity contribution in [1.29, 1.82) is 0 Å². The minimum atomic E-state index is 0.118. The molecular weight excluding hydrogens is 220 g/mol. The molecule has 2 heterocycles. The number of nitrogens with zero attached hydrogens (tertiary/aromatic N) is 3. The number of likely N-dealkylation sites (tertiary alicyclic amines) is 1. The standard InChI is InChI=1S/C11H18N4O2/c1-8-13-10(14-17-8)7-15-4-3-9(6-15)5-11(16)12-2/h9H,3-7H2,1-2H3,(H,12,16)/t9-/m1/s1. The van der Waals surface area contributed by atoms with Crippen LogP contribution in [-0.2, 0) is 11.3 Å². The van der Waals surface area contributed by atoms with E-state index in [1.807, 2.05) is 0 Å². The summed E-state index contributed by atoms with van der Waals surface area (Å²) in [5.74, 6) is 1.89. The highest BCUT2D eigenvalue weighted by Gasteiger charge is 2.25. The summed E-state index contributed by atoms with van der Waals surface area (Å²) in [5, 5.41) is 6.54. The van der Waals surface area contributed by atoms with Crippen molar-refractivity contribution < 1.29 is 9.32 Å². The van der Waals surface area contributed by atoms with Crippen LogP contribution in [0.15, 0.2) is 4.52 Å². The molecule has 1 N–H and O–H groups in total. The second kappa shape index (κ2) is 5.27. The van der Waals surface area contributed by atoms with Crippen molar-refractivity contribution in [2.45, 2.75) is 26.3 Å². The third-order valence-corrected chi connectivity index (χ3v) is 3.06. The second-order valence-electron chi connectivity index (χ2n) is 4.50. The van der Waals surface area contributed by atoms with Gasteiger partial charge in [0.05, 0.1) is 6.54 Å². The van der Waals surface area contributed by atoms with E-state index in [0.717, 1.165) is 25.3 Å². The molecule has 0 spiro atoms. The molecule has 1 saturated heterocycles. The Morgan fingerprint density at radius 1 is 1.65 bits per heavy atom. The van der Waals surface area contributed by atoms with E-state index in [-0.39, 0.29) is 5.91 Å². The molecule has 0 aliphatic carbocycles. The van der Waals surface area contributed by atoms with Crippen molar-refractivity contribution in [2.24, 2.45) is 5.92 Å². The Bertz CT molecular complexity index is 391. The van der Waals surface area contributed by atoms with Crippen molar-refractivity contribution in [3.8, 4) is 0 Å². The highest BCUT2D eigenvalue weighted by molar-refractivity contribution is 5.75. The maximum absolute atomic E-state index is 11.3. The van der Waals surface area contributed by atoms with E-state index in [1.54, 1.807) is 14.0 Å². The first-order valence-electron chi connectivity index (χ1n) is 5.89. The quantitative estimate of drug-likeness (QED) is 0.818. The summed E-state index contributed by atoms with van der Waals surface area (Å²) in [4.78, 5) is 17.7. The number of hydrogen-bond donors (Lipinski definition) is 1. The Morgan fingerprint density at radius 2 is 2.47 bits per heavy atom. The van der Waals surface area contributed by atoms with Crippen molar-refractivity contribution in [3.63, 3.8) is 0 Å². The number of amides is 1. The van der Waals surface area contributed by atoms with Crippen LogP contribution < -0.4 is 5.32 Å². The molecule has 0 radical (unpaired) electrons. The first kappa shape index (κ1) is 12.0. The van der Waals surface area contributed by atoms with Crippen LogP contribution in [0.3, 0.4) is 0 Å². The van der Waals surface area contributed by atoms with Gasteiger partial charge in [-0.2, -0.15) is 4.98 Å². The first-order chi connectivity index (χ1) is 8.17. The van der Waals surface area contributed by atoms with Crippen molar-refractivity contribution in [3.05, 3.63) is 11.7 Å². The van der Waals surface area contributed by atoms with Gasteiger partial charge in [0.1, 0.15) is 0 Å². The van der Waals surface area contributed by atoms with E-state index in [2.05, 4.69) is 20.4 Å². The summed E-state index contributed by atoms with van der Waals surface area (Å²) in [6.45, 7) is 4.42. The maximum Gasteiger partial charge on any atom is 0.223 e. The molecule has 1 aliphatic heterocycles. The SMILES string of the molecule is CNC(=O)C[C@H]1CCN(Cc2noc(C)n2)C1. The zero-order valence-electron chi connectivity index (χ0n) is 10.3. The van der Waals surface area contributed by atoms with Gasteiger partial charge < -0.3 is 9.84 Å². The van der Waals surface area contributed by atoms with Gasteiger partial charge >= 0.3 is 0 Å². The minimum absolute atomic E-state index is 0.118. The Labute approximate surface area is 100 Å². The highest BCUT2D eigenvalue weighted by atomic mass is 16.5. The van der Waals surface area contributed by atoms with Gasteiger partial charge in [0.25, 0.3) is 0 Å². The normalized spacial score (nSPS) is 20.7. The number of carbonyl (C=O) groups excluding carboxylic acids is 1. The van der Waals surface area contributed by atoms with Gasteiger partial charge in [0.2, 0.25) is 11.8 Å². The molecule has 1 fully saturated rings. The summed E-state index contributed by atoms with van der Waals surface area (Å²) in [7, 11) is 1.68. The van der Waals surface area contributed by atoms with Gasteiger partial charge in [0, 0.05) is 26.9 Å². The predicted molar refractivity (Wildman–Crippen MR) is 61.1 cm³/mol. The maximum atomic E-state index is 11.3. The highest BCUT2D eigenvalue weighted by Crippen LogP contribution is 2.20. The number of aromatic nitrogens is 2. The van der Waals surface area contributed by atoms with Crippen LogP contribution in [0.25, 0.3) is 0 Å². The third-order valence-electron chi connectivity index (χ3n) is 3.06. The summed E-state index contributed by atoms with van der Waals surface area (Å²) < 4.78 is 4.93. The average molecular weight is 238 g/mol. The molecule has 94 valence electrons. The van der Waals surface area contributed by atoms with Crippen LogP contribution in [0, 0.1) is 12.8 Å². The van der Waals surface area contributed by atoms with E-state index in [1.165, 1.54) is 0 Å². The molecule has 17 heavy (non-hydrogen) atoms. The van der Waals surface area contributed by atoms with Crippen molar-refractivity contribution in [1.82, 2.24) is 20.4 Å². The summed E-state index contributed by atoms with van der Waals surface area (Å²) in [6.07, 6.45) is 1.67. The van der Waals surface area contributed by atoms with E-state index < -0.39 is 0 Å². The van der Waals surface area contributed by atoms with Crippen LogP contribution in [0.5, 0.6) is 0 Å². The Morgan fingerprint density at radius 3 is 3.12 bits per heavy atom. The molecular formula is C11H18N4O2. The number of hydrogen-bond acceptors (Lipinski definition) is 5. The number of aryl methyl sites for hydroxylation is 1. The average Bonchev–Trinajstić information content (AvgIpc) is 2.89. The monoisotopic (exact) mass is 238 g/mol. The molecule has 1 amide bonds. The second-order valence-corrected chi connectivity index (χ2v) is 4.50. The fourth-order valence-corrected chi connectivity index (χ4v) is 2.19. The van der Waals surface area contributed by atoms with E-state index in [4.69, 9.17) is 4.52 Å². The summed E-state index contributed by atoms with van der Waals surface area (Å²) >= 11 is 0. The smallest absolute Gasteiger partial charge is 0.223 e. The first-order valence-corrected chi connectivity index (χ1v) is 5.89. The molecule has 0 aromatic carbocycles. The fraction of sp³-hybridized carbons (Fsp3) is 0.727. The lowest BCUT2D eigenvalue weighted by molar-refractivity contribution is -0.121. The van der Waals surface area contributed by atoms with Crippen molar-refractivity contribution in [2.75, 3.05) is 20.1 Å². The number of nitrogens with one attached hydrogen (secondary N) is 1. The topological polar surface area (TPSA) is 71.3 Å². The minimum Gasteiger partial charge on any atom is -0.359 e. The van der Waals surface area contributed by atoms with Crippen LogP contribution in [0.4, 0.5) is 0 Å². The predicted octanol–water partition coefficient (Wildman–Crippen LogP) is 0.336. The molecule has 6 heteroatoms. The number of rotatable bonds is 4. The molecule has 1 atom stereocenters. The molecule has 6 nitrogen and oxygen atoms in total. The van der Waals surface area contributed by atoms with Crippen LogP contribution >= 0.6 is 0 Å². The van der Waals surface area contributed by atoms with E-state index in [9.17, 15) is 4.79 Å². The third kappa shape index (κ3) is 3.26. The van der Waals surface area contributed by atoms with E-state index in [0.29, 0.717) is 24.8 Å². The summed E-state index contributed by atoms with van der Waals surface area (Å²) in [6, 6.07) is 0. The van der Waals surface area contributed by atoms with Gasteiger partial charge in [-0.05, 0) is 18.9 Å². The summed E-state index contributed by atoms with van der Waals surface area (Å²) in [5.41, 5.74) is 0.